The van der Waals surface area contributed by atoms with Crippen LogP contribution in [0.5, 0.6) is 0 Å². The molecule has 7 heteroatoms. The molecule has 1 aliphatic carbocycles. The minimum Gasteiger partial charge on any atom is -0.360 e. The Bertz CT molecular complexity index is 507. The van der Waals surface area contributed by atoms with Crippen molar-refractivity contribution in [2.75, 3.05) is 18.4 Å². The topological polar surface area (TPSA) is 71.3 Å². The molecule has 3 rings (SSSR count). The van der Waals surface area contributed by atoms with Crippen LogP contribution in [0.4, 0.5) is 11.5 Å². The van der Waals surface area contributed by atoms with E-state index in [1.54, 1.807) is 0 Å². The molecule has 6 nitrogen and oxygen atoms in total. The lowest BCUT2D eigenvalue weighted by molar-refractivity contribution is -0.384. The zero-order valence-corrected chi connectivity index (χ0v) is 11.1. The van der Waals surface area contributed by atoms with Crippen LogP contribution in [0.1, 0.15) is 19.3 Å². The molecular formula is C12H15ClN4O2. The van der Waals surface area contributed by atoms with E-state index >= 15 is 0 Å². The van der Waals surface area contributed by atoms with Crippen molar-refractivity contribution in [3.05, 3.63) is 27.4 Å². The summed E-state index contributed by atoms with van der Waals surface area (Å²) >= 11 is 5.75. The highest BCUT2D eigenvalue weighted by molar-refractivity contribution is 6.30. The molecule has 19 heavy (non-hydrogen) atoms. The molecule has 0 radical (unpaired) electrons. The van der Waals surface area contributed by atoms with Crippen LogP contribution < -0.4 is 5.32 Å². The summed E-state index contributed by atoms with van der Waals surface area (Å²) in [5, 5.41) is 14.4. The summed E-state index contributed by atoms with van der Waals surface area (Å²) in [6.07, 6.45) is 5.00. The zero-order chi connectivity index (χ0) is 13.4. The summed E-state index contributed by atoms with van der Waals surface area (Å²) < 4.78 is 0. The molecule has 1 unspecified atom stereocenters. The fraction of sp³-hybridized carbons (Fsp3) is 0.583. The second kappa shape index (κ2) is 4.94. The number of anilines is 1. The molecular weight excluding hydrogens is 268 g/mol. The Balaban J connectivity index is 1.71. The largest absolute Gasteiger partial charge is 0.360 e. The van der Waals surface area contributed by atoms with Gasteiger partial charge < -0.3 is 5.32 Å². The summed E-state index contributed by atoms with van der Waals surface area (Å²) in [6, 6.07) is 2.30. The summed E-state index contributed by atoms with van der Waals surface area (Å²) in [6.45, 7) is 2.00. The summed E-state index contributed by atoms with van der Waals surface area (Å²) in [5.74, 6) is 0.317. The maximum absolute atomic E-state index is 11.0. The van der Waals surface area contributed by atoms with Crippen LogP contribution in [0, 0.1) is 10.1 Å². The van der Waals surface area contributed by atoms with E-state index in [0.29, 0.717) is 5.82 Å². The maximum atomic E-state index is 11.0. The third-order valence-electron chi connectivity index (χ3n) is 3.65. The number of rotatable bonds is 4. The molecule has 2 aliphatic rings. The number of hydrogen-bond acceptors (Lipinski definition) is 5. The maximum Gasteiger partial charge on any atom is 0.312 e. The van der Waals surface area contributed by atoms with Crippen molar-refractivity contribution in [2.45, 2.75) is 31.3 Å². The fourth-order valence-electron chi connectivity index (χ4n) is 2.55. The number of likely N-dealkylation sites (tertiary alicyclic amines) is 1. The van der Waals surface area contributed by atoms with Gasteiger partial charge in [-0.15, -0.1) is 0 Å². The molecule has 0 aromatic carbocycles. The van der Waals surface area contributed by atoms with Gasteiger partial charge in [-0.3, -0.25) is 15.0 Å². The third-order valence-corrected chi connectivity index (χ3v) is 3.86. The molecule has 1 aromatic heterocycles. The second-order valence-corrected chi connectivity index (χ2v) is 5.57. The van der Waals surface area contributed by atoms with E-state index in [2.05, 4.69) is 15.2 Å². The molecule has 1 atom stereocenters. The molecule has 1 aromatic rings. The van der Waals surface area contributed by atoms with Gasteiger partial charge in [-0.05, 0) is 19.3 Å². The number of aromatic nitrogens is 1. The normalized spacial score (nSPS) is 23.5. The van der Waals surface area contributed by atoms with Crippen LogP contribution in [0.3, 0.4) is 0 Å². The van der Waals surface area contributed by atoms with Crippen molar-refractivity contribution < 1.29 is 4.92 Å². The molecule has 1 saturated carbocycles. The average Bonchev–Trinajstić information content (AvgIpc) is 3.12. The van der Waals surface area contributed by atoms with Gasteiger partial charge in [-0.25, -0.2) is 4.98 Å². The van der Waals surface area contributed by atoms with Gasteiger partial charge in [0, 0.05) is 37.4 Å². The Morgan fingerprint density at radius 2 is 2.26 bits per heavy atom. The first-order chi connectivity index (χ1) is 9.13. The highest BCUT2D eigenvalue weighted by atomic mass is 35.5. The smallest absolute Gasteiger partial charge is 0.312 e. The van der Waals surface area contributed by atoms with E-state index in [1.807, 2.05) is 0 Å². The highest BCUT2D eigenvalue weighted by Gasteiger charge is 2.35. The number of hydrogen-bond donors (Lipinski definition) is 1. The van der Waals surface area contributed by atoms with Crippen LogP contribution >= 0.6 is 11.6 Å². The molecule has 0 spiro atoms. The van der Waals surface area contributed by atoms with Gasteiger partial charge in [0.05, 0.1) is 9.95 Å². The summed E-state index contributed by atoms with van der Waals surface area (Å²) in [4.78, 5) is 17.0. The van der Waals surface area contributed by atoms with Crippen LogP contribution in [0.2, 0.25) is 5.02 Å². The molecule has 102 valence electrons. The molecule has 1 saturated heterocycles. The van der Waals surface area contributed by atoms with Crippen molar-refractivity contribution >= 4 is 23.1 Å². The van der Waals surface area contributed by atoms with Gasteiger partial charge in [0.2, 0.25) is 5.82 Å². The SMILES string of the molecule is O=[N+]([O-])c1cc(Cl)cnc1NC1CCN(C2CC2)C1. The van der Waals surface area contributed by atoms with Gasteiger partial charge in [-0.1, -0.05) is 11.6 Å². The standard InChI is InChI=1S/C12H15ClN4O2/c13-8-5-11(17(18)19)12(14-6-8)15-9-3-4-16(7-9)10-1-2-10/h5-6,9-10H,1-4,7H2,(H,14,15). The fourth-order valence-corrected chi connectivity index (χ4v) is 2.70. The molecule has 2 fully saturated rings. The van der Waals surface area contributed by atoms with E-state index < -0.39 is 4.92 Å². The number of nitrogens with zero attached hydrogens (tertiary/aromatic N) is 3. The van der Waals surface area contributed by atoms with E-state index in [9.17, 15) is 10.1 Å². The van der Waals surface area contributed by atoms with Gasteiger partial charge in [0.25, 0.3) is 0 Å². The van der Waals surface area contributed by atoms with Crippen molar-refractivity contribution in [1.82, 2.24) is 9.88 Å². The lowest BCUT2D eigenvalue weighted by atomic mass is 10.2. The Morgan fingerprint density at radius 3 is 2.95 bits per heavy atom. The van der Waals surface area contributed by atoms with Crippen LogP contribution in [-0.2, 0) is 0 Å². The van der Waals surface area contributed by atoms with Crippen molar-refractivity contribution in [3.8, 4) is 0 Å². The summed E-state index contributed by atoms with van der Waals surface area (Å²) in [7, 11) is 0. The van der Waals surface area contributed by atoms with Gasteiger partial charge in [0.15, 0.2) is 0 Å². The minimum absolute atomic E-state index is 0.0580. The molecule has 1 N–H and O–H groups in total. The number of halogens is 1. The highest BCUT2D eigenvalue weighted by Crippen LogP contribution is 2.32. The van der Waals surface area contributed by atoms with Crippen molar-refractivity contribution in [3.63, 3.8) is 0 Å². The Hall–Kier alpha value is -1.40. The van der Waals surface area contributed by atoms with Gasteiger partial charge in [-0.2, -0.15) is 0 Å². The Morgan fingerprint density at radius 1 is 1.47 bits per heavy atom. The molecule has 0 bridgehead atoms. The van der Waals surface area contributed by atoms with E-state index in [4.69, 9.17) is 11.6 Å². The third kappa shape index (κ3) is 2.79. The first kappa shape index (κ1) is 12.6. The van der Waals surface area contributed by atoms with E-state index in [1.165, 1.54) is 25.1 Å². The number of pyridine rings is 1. The monoisotopic (exact) mass is 282 g/mol. The van der Waals surface area contributed by atoms with Crippen molar-refractivity contribution in [2.24, 2.45) is 0 Å². The Labute approximate surface area is 115 Å². The van der Waals surface area contributed by atoms with Crippen LogP contribution in [0.25, 0.3) is 0 Å². The van der Waals surface area contributed by atoms with Gasteiger partial charge >= 0.3 is 5.69 Å². The lowest BCUT2D eigenvalue weighted by Crippen LogP contribution is -2.28. The first-order valence-electron chi connectivity index (χ1n) is 6.44. The van der Waals surface area contributed by atoms with Crippen LogP contribution in [-0.4, -0.2) is 40.0 Å². The number of nitrogens with one attached hydrogen (secondary N) is 1. The first-order valence-corrected chi connectivity index (χ1v) is 6.82. The molecule has 1 aliphatic heterocycles. The quantitative estimate of drug-likeness (QED) is 0.678. The molecule has 0 amide bonds. The number of nitro groups is 1. The predicted molar refractivity (Wildman–Crippen MR) is 72.5 cm³/mol. The van der Waals surface area contributed by atoms with E-state index in [0.717, 1.165) is 25.6 Å². The predicted octanol–water partition coefficient (Wildman–Crippen LogP) is 2.29. The Kier molecular flexibility index (Phi) is 3.28. The summed E-state index contributed by atoms with van der Waals surface area (Å²) in [5.41, 5.74) is -0.0580. The van der Waals surface area contributed by atoms with Gasteiger partial charge in [0.1, 0.15) is 0 Å². The van der Waals surface area contributed by atoms with Crippen LogP contribution in [0.15, 0.2) is 12.3 Å². The van der Waals surface area contributed by atoms with E-state index in [-0.39, 0.29) is 16.8 Å². The second-order valence-electron chi connectivity index (χ2n) is 5.13. The lowest BCUT2D eigenvalue weighted by Gasteiger charge is -2.16. The average molecular weight is 283 g/mol. The van der Waals surface area contributed by atoms with Crippen molar-refractivity contribution in [1.29, 1.82) is 0 Å². The zero-order valence-electron chi connectivity index (χ0n) is 10.4. The molecule has 2 heterocycles. The minimum atomic E-state index is -0.450.